The molecule has 0 radical (unpaired) electrons. The highest BCUT2D eigenvalue weighted by molar-refractivity contribution is 6.32. The second kappa shape index (κ2) is 14.0. The van der Waals surface area contributed by atoms with Gasteiger partial charge >= 0.3 is 11.9 Å². The zero-order chi connectivity index (χ0) is 20.8. The molecule has 0 atom stereocenters. The normalized spacial score (nSPS) is 13.9. The highest BCUT2D eigenvalue weighted by Crippen LogP contribution is 2.29. The Balaban J connectivity index is 0.000000568. The SMILES string of the molecule is C=CCc1cccc(Cl)c1OCCOCCN1CCOCC1.O=C(O)C(=O)O. The fraction of sp³-hybridized carbons (Fsp3) is 0.474. The first-order chi connectivity index (χ1) is 13.5. The Morgan fingerprint density at radius 3 is 2.46 bits per heavy atom. The third-order valence-corrected chi connectivity index (χ3v) is 4.02. The van der Waals surface area contributed by atoms with Crippen LogP contribution in [0.4, 0.5) is 0 Å². The summed E-state index contributed by atoms with van der Waals surface area (Å²) < 4.78 is 16.7. The van der Waals surface area contributed by atoms with Crippen molar-refractivity contribution in [2.75, 3.05) is 52.7 Å². The van der Waals surface area contributed by atoms with Crippen molar-refractivity contribution >= 4 is 23.5 Å². The second-order valence-electron chi connectivity index (χ2n) is 5.75. The topological polar surface area (TPSA) is 106 Å². The lowest BCUT2D eigenvalue weighted by Gasteiger charge is -2.26. The van der Waals surface area contributed by atoms with Gasteiger partial charge in [-0.1, -0.05) is 29.8 Å². The molecule has 0 spiro atoms. The molecule has 1 heterocycles. The molecule has 1 aromatic carbocycles. The van der Waals surface area contributed by atoms with Crippen molar-refractivity contribution in [2.45, 2.75) is 6.42 Å². The van der Waals surface area contributed by atoms with Crippen LogP contribution in [-0.2, 0) is 25.5 Å². The quantitative estimate of drug-likeness (QED) is 0.358. The average molecular weight is 416 g/mol. The molecule has 0 aliphatic carbocycles. The zero-order valence-electron chi connectivity index (χ0n) is 15.6. The Morgan fingerprint density at radius 2 is 1.86 bits per heavy atom. The Kier molecular flexibility index (Phi) is 11.9. The van der Waals surface area contributed by atoms with Gasteiger partial charge in [0, 0.05) is 19.6 Å². The van der Waals surface area contributed by atoms with Crippen LogP contribution in [0.5, 0.6) is 5.75 Å². The van der Waals surface area contributed by atoms with E-state index < -0.39 is 11.9 Å². The fourth-order valence-corrected chi connectivity index (χ4v) is 2.60. The van der Waals surface area contributed by atoms with E-state index in [1.54, 1.807) is 0 Å². The van der Waals surface area contributed by atoms with Gasteiger partial charge in [0.15, 0.2) is 0 Å². The Morgan fingerprint density at radius 1 is 1.18 bits per heavy atom. The van der Waals surface area contributed by atoms with Crippen molar-refractivity contribution in [3.63, 3.8) is 0 Å². The Labute approximate surface area is 169 Å². The summed E-state index contributed by atoms with van der Waals surface area (Å²) in [4.78, 5) is 20.5. The molecule has 1 saturated heterocycles. The molecule has 0 amide bonds. The Hall–Kier alpha value is -2.13. The highest BCUT2D eigenvalue weighted by Gasteiger charge is 2.10. The van der Waals surface area contributed by atoms with Crippen LogP contribution in [0.3, 0.4) is 0 Å². The molecule has 1 aromatic rings. The summed E-state index contributed by atoms with van der Waals surface area (Å²) in [6.07, 6.45) is 2.59. The number of ether oxygens (including phenoxy) is 3. The van der Waals surface area contributed by atoms with Gasteiger partial charge in [-0.3, -0.25) is 4.90 Å². The van der Waals surface area contributed by atoms with Crippen LogP contribution in [0.1, 0.15) is 5.56 Å². The molecule has 2 N–H and O–H groups in total. The van der Waals surface area contributed by atoms with E-state index in [9.17, 15) is 0 Å². The van der Waals surface area contributed by atoms with Crippen molar-refractivity contribution in [1.29, 1.82) is 0 Å². The van der Waals surface area contributed by atoms with E-state index in [2.05, 4.69) is 11.5 Å². The number of carboxylic acid groups (broad SMARTS) is 2. The summed E-state index contributed by atoms with van der Waals surface area (Å²) in [6.45, 7) is 10.1. The molecule has 9 heteroatoms. The van der Waals surface area contributed by atoms with Gasteiger partial charge in [0.05, 0.1) is 31.5 Å². The average Bonchev–Trinajstić information content (AvgIpc) is 2.68. The second-order valence-corrected chi connectivity index (χ2v) is 6.15. The summed E-state index contributed by atoms with van der Waals surface area (Å²) in [5, 5.41) is 15.4. The van der Waals surface area contributed by atoms with E-state index >= 15 is 0 Å². The first kappa shape index (κ1) is 23.9. The maximum Gasteiger partial charge on any atom is 0.414 e. The van der Waals surface area contributed by atoms with Crippen LogP contribution >= 0.6 is 11.6 Å². The molecular weight excluding hydrogens is 390 g/mol. The Bertz CT molecular complexity index is 621. The number of rotatable bonds is 9. The molecular formula is C19H26ClNO7. The first-order valence-electron chi connectivity index (χ1n) is 8.80. The summed E-state index contributed by atoms with van der Waals surface area (Å²) in [7, 11) is 0. The monoisotopic (exact) mass is 415 g/mol. The van der Waals surface area contributed by atoms with Crippen LogP contribution in [0.2, 0.25) is 5.02 Å². The highest BCUT2D eigenvalue weighted by atomic mass is 35.5. The van der Waals surface area contributed by atoms with Crippen molar-refractivity contribution < 1.29 is 34.0 Å². The number of allylic oxidation sites excluding steroid dienone is 1. The number of hydrogen-bond donors (Lipinski definition) is 2. The van der Waals surface area contributed by atoms with Crippen molar-refractivity contribution in [2.24, 2.45) is 0 Å². The van der Waals surface area contributed by atoms with Gasteiger partial charge in [0.1, 0.15) is 12.4 Å². The molecule has 28 heavy (non-hydrogen) atoms. The predicted octanol–water partition coefficient (Wildman–Crippen LogP) is 1.95. The van der Waals surface area contributed by atoms with Gasteiger partial charge < -0.3 is 24.4 Å². The summed E-state index contributed by atoms with van der Waals surface area (Å²) >= 11 is 6.19. The minimum Gasteiger partial charge on any atom is -0.489 e. The molecule has 1 aliphatic heterocycles. The third kappa shape index (κ3) is 9.70. The predicted molar refractivity (Wildman–Crippen MR) is 104 cm³/mol. The van der Waals surface area contributed by atoms with Crippen molar-refractivity contribution in [1.82, 2.24) is 4.90 Å². The zero-order valence-corrected chi connectivity index (χ0v) is 16.4. The van der Waals surface area contributed by atoms with Crippen LogP contribution in [-0.4, -0.2) is 79.7 Å². The summed E-state index contributed by atoms with van der Waals surface area (Å²) in [5.41, 5.74) is 1.05. The van der Waals surface area contributed by atoms with E-state index in [1.807, 2.05) is 24.3 Å². The van der Waals surface area contributed by atoms with Gasteiger partial charge in [0.2, 0.25) is 0 Å². The van der Waals surface area contributed by atoms with Gasteiger partial charge in [0.25, 0.3) is 0 Å². The molecule has 1 aliphatic rings. The minimum absolute atomic E-state index is 0.497. The molecule has 0 saturated carbocycles. The number of carboxylic acids is 2. The van der Waals surface area contributed by atoms with E-state index in [0.29, 0.717) is 24.8 Å². The lowest BCUT2D eigenvalue weighted by Crippen LogP contribution is -2.38. The molecule has 0 unspecified atom stereocenters. The minimum atomic E-state index is -1.82. The number of aliphatic carboxylic acids is 2. The van der Waals surface area contributed by atoms with Crippen LogP contribution in [0.15, 0.2) is 30.9 Å². The maximum atomic E-state index is 9.10. The number of nitrogens with zero attached hydrogens (tertiary/aromatic N) is 1. The van der Waals surface area contributed by atoms with E-state index in [4.69, 9.17) is 45.6 Å². The first-order valence-corrected chi connectivity index (χ1v) is 9.18. The maximum absolute atomic E-state index is 9.10. The molecule has 1 fully saturated rings. The van der Waals surface area contributed by atoms with Gasteiger partial charge in [-0.2, -0.15) is 0 Å². The lowest BCUT2D eigenvalue weighted by molar-refractivity contribution is -0.159. The van der Waals surface area contributed by atoms with Gasteiger partial charge in [-0.05, 0) is 18.1 Å². The van der Waals surface area contributed by atoms with Gasteiger partial charge in [-0.25, -0.2) is 9.59 Å². The number of morpholine rings is 1. The number of carbonyl (C=O) groups is 2. The van der Waals surface area contributed by atoms with E-state index in [-0.39, 0.29) is 0 Å². The third-order valence-electron chi connectivity index (χ3n) is 3.73. The molecule has 0 bridgehead atoms. The van der Waals surface area contributed by atoms with Crippen LogP contribution in [0.25, 0.3) is 0 Å². The van der Waals surface area contributed by atoms with E-state index in [0.717, 1.165) is 50.6 Å². The molecule has 2 rings (SSSR count). The molecule has 8 nitrogen and oxygen atoms in total. The van der Waals surface area contributed by atoms with E-state index in [1.165, 1.54) is 0 Å². The molecule has 156 valence electrons. The van der Waals surface area contributed by atoms with Crippen molar-refractivity contribution in [3.05, 3.63) is 41.4 Å². The van der Waals surface area contributed by atoms with Gasteiger partial charge in [-0.15, -0.1) is 6.58 Å². The van der Waals surface area contributed by atoms with Crippen molar-refractivity contribution in [3.8, 4) is 5.75 Å². The number of halogens is 1. The summed E-state index contributed by atoms with van der Waals surface area (Å²) in [6, 6.07) is 5.76. The summed E-state index contributed by atoms with van der Waals surface area (Å²) in [5.74, 6) is -2.91. The standard InChI is InChI=1S/C17H24ClNO3.C2H2O4/c1-2-4-15-5-3-6-16(18)17(15)22-14-13-21-12-9-19-7-10-20-11-8-19;3-1(4)2(5)6/h2-3,5-6H,1,4,7-14H2;(H,3,4)(H,5,6). The fourth-order valence-electron chi connectivity index (χ4n) is 2.35. The number of benzene rings is 1. The lowest BCUT2D eigenvalue weighted by atomic mass is 10.1. The molecule has 0 aromatic heterocycles. The van der Waals surface area contributed by atoms with Crippen LogP contribution in [0, 0.1) is 0 Å². The smallest absolute Gasteiger partial charge is 0.414 e. The number of hydrogen-bond acceptors (Lipinski definition) is 6. The largest absolute Gasteiger partial charge is 0.489 e. The number of para-hydroxylation sites is 1. The van der Waals surface area contributed by atoms with Crippen LogP contribution < -0.4 is 4.74 Å².